The van der Waals surface area contributed by atoms with E-state index in [-0.39, 0.29) is 36.7 Å². The van der Waals surface area contributed by atoms with Crippen LogP contribution < -0.4 is 10.9 Å². The Kier molecular flexibility index (Phi) is 8.42. The molecule has 0 aromatic carbocycles. The topological polar surface area (TPSA) is 134 Å². The molecule has 1 saturated carbocycles. The molecule has 2 heterocycles. The van der Waals surface area contributed by atoms with Crippen LogP contribution in [0, 0.1) is 5.92 Å². The van der Waals surface area contributed by atoms with Gasteiger partial charge >= 0.3 is 13.8 Å². The first kappa shape index (κ1) is 28.0. The van der Waals surface area contributed by atoms with Crippen molar-refractivity contribution in [2.24, 2.45) is 5.92 Å². The Morgan fingerprint density at radius 1 is 1.17 bits per heavy atom. The highest BCUT2D eigenvalue weighted by atomic mass is 31.2. The summed E-state index contributed by atoms with van der Waals surface area (Å²) < 4.78 is 52.9. The average molecular weight is 530 g/mol. The summed E-state index contributed by atoms with van der Waals surface area (Å²) in [5.41, 5.74) is -1.71. The molecule has 0 bridgehead atoms. The van der Waals surface area contributed by atoms with Crippen molar-refractivity contribution in [1.82, 2.24) is 14.5 Å². The quantitative estimate of drug-likeness (QED) is 0.403. The number of nitrogens with one attached hydrogen (secondary N) is 1. The minimum atomic E-state index is -4.69. The summed E-state index contributed by atoms with van der Waals surface area (Å²) in [7, 11) is -4.59. The van der Waals surface area contributed by atoms with E-state index in [1.807, 2.05) is 0 Å². The average Bonchev–Trinajstić information content (AvgIpc) is 3.32. The van der Waals surface area contributed by atoms with Gasteiger partial charge in [0.05, 0.1) is 23.7 Å². The monoisotopic (exact) mass is 530 g/mol. The van der Waals surface area contributed by atoms with Gasteiger partial charge in [-0.15, -0.1) is 0 Å². The third-order valence-electron chi connectivity index (χ3n) is 7.04. The van der Waals surface area contributed by atoms with Gasteiger partial charge in [-0.1, -0.05) is 39.5 Å². The normalized spacial score (nSPS) is 16.2. The van der Waals surface area contributed by atoms with E-state index in [2.05, 4.69) is 15.3 Å². The van der Waals surface area contributed by atoms with Gasteiger partial charge in [0, 0.05) is 12.3 Å². The van der Waals surface area contributed by atoms with Crippen LogP contribution in [0.4, 0.5) is 19.0 Å². The summed E-state index contributed by atoms with van der Waals surface area (Å²) in [5.74, 6) is -0.696. The van der Waals surface area contributed by atoms with Gasteiger partial charge in [-0.3, -0.25) is 19.1 Å². The number of rotatable bonds is 9. The number of hydrogen-bond acceptors (Lipinski definition) is 5. The Bertz CT molecular complexity index is 1170. The summed E-state index contributed by atoms with van der Waals surface area (Å²) in [4.78, 5) is 53.7. The van der Waals surface area contributed by atoms with Crippen LogP contribution in [0.5, 0.6) is 0 Å². The van der Waals surface area contributed by atoms with E-state index in [0.717, 1.165) is 42.5 Å². The number of hydrogen-bond donors (Lipinski definition) is 3. The minimum absolute atomic E-state index is 0.0491. The number of carbonyl (C=O) groups is 1. The van der Waals surface area contributed by atoms with Crippen LogP contribution in [-0.4, -0.2) is 30.2 Å². The number of anilines is 1. The minimum Gasteiger partial charge on any atom is -0.324 e. The Hall–Kier alpha value is -2.56. The van der Waals surface area contributed by atoms with Crippen LogP contribution in [0.1, 0.15) is 76.1 Å². The number of amides is 1. The zero-order valence-electron chi connectivity index (χ0n) is 20.0. The van der Waals surface area contributed by atoms with Crippen molar-refractivity contribution < 1.29 is 32.3 Å². The van der Waals surface area contributed by atoms with Gasteiger partial charge in [0.25, 0.3) is 5.56 Å². The van der Waals surface area contributed by atoms with E-state index in [0.29, 0.717) is 12.3 Å². The van der Waals surface area contributed by atoms with Crippen LogP contribution in [0.3, 0.4) is 0 Å². The molecule has 1 unspecified atom stereocenters. The van der Waals surface area contributed by atoms with Gasteiger partial charge in [-0.2, -0.15) is 13.2 Å². The van der Waals surface area contributed by atoms with Gasteiger partial charge in [-0.25, -0.2) is 4.98 Å². The van der Waals surface area contributed by atoms with E-state index >= 15 is 0 Å². The molecule has 3 rings (SSSR count). The first-order chi connectivity index (χ1) is 16.8. The third-order valence-corrected chi connectivity index (χ3v) is 9.02. The van der Waals surface area contributed by atoms with Crippen molar-refractivity contribution in [2.75, 3.05) is 5.32 Å². The van der Waals surface area contributed by atoms with Crippen LogP contribution in [-0.2, 0) is 20.7 Å². The Morgan fingerprint density at radius 2 is 1.81 bits per heavy atom. The number of alkyl halides is 3. The molecule has 2 aromatic heterocycles. The van der Waals surface area contributed by atoms with Crippen molar-refractivity contribution in [3.05, 3.63) is 52.3 Å². The fraction of sp³-hybridized carbons (Fsp3) is 0.565. The Morgan fingerprint density at radius 3 is 2.31 bits per heavy atom. The molecular formula is C23H30F3N4O5P. The van der Waals surface area contributed by atoms with Crippen LogP contribution in [0.15, 0.2) is 35.5 Å². The van der Waals surface area contributed by atoms with Crippen molar-refractivity contribution in [2.45, 2.75) is 76.2 Å². The lowest BCUT2D eigenvalue weighted by molar-refractivity contribution is -0.138. The molecule has 0 aliphatic heterocycles. The zero-order chi connectivity index (χ0) is 26.7. The molecule has 36 heavy (non-hydrogen) atoms. The predicted molar refractivity (Wildman–Crippen MR) is 126 cm³/mol. The van der Waals surface area contributed by atoms with Gasteiger partial charge in [0.15, 0.2) is 5.82 Å². The number of carbonyl (C=O) groups excluding carboxylic acids is 1. The standard InChI is InChI=1S/C23H30F3N4O5P/c1-3-22(4-2,36(33,34)35)18-12-28-19(13-27-18)29-21(32)17(11-15-7-5-6-8-15)30-14-16(23(24,25)26)9-10-20(30)31/h9-10,12-15,17H,3-8,11H2,1-2H3,(H,28,29,32)(H2,33,34,35). The lowest BCUT2D eigenvalue weighted by Crippen LogP contribution is -2.35. The Balaban J connectivity index is 1.92. The number of aromatic nitrogens is 3. The number of nitrogens with zero attached hydrogens (tertiary/aromatic N) is 3. The summed E-state index contributed by atoms with van der Waals surface area (Å²) >= 11 is 0. The SMILES string of the molecule is CCC(CC)(c1cnc(NC(=O)C(CC2CCCC2)n2cc(C(F)(F)F)ccc2=O)cn1)P(=O)(O)O. The van der Waals surface area contributed by atoms with Gasteiger partial charge in [0.1, 0.15) is 11.2 Å². The van der Waals surface area contributed by atoms with Crippen LogP contribution in [0.2, 0.25) is 0 Å². The first-order valence-electron chi connectivity index (χ1n) is 11.8. The summed E-state index contributed by atoms with van der Waals surface area (Å²) in [6.45, 7) is 3.25. The number of pyridine rings is 1. The summed E-state index contributed by atoms with van der Waals surface area (Å²) in [6, 6.07) is 0.274. The van der Waals surface area contributed by atoms with E-state index in [4.69, 9.17) is 0 Å². The highest BCUT2D eigenvalue weighted by Crippen LogP contribution is 2.60. The van der Waals surface area contributed by atoms with Crippen LogP contribution >= 0.6 is 7.60 Å². The molecule has 198 valence electrons. The highest BCUT2D eigenvalue weighted by molar-refractivity contribution is 7.53. The largest absolute Gasteiger partial charge is 0.417 e. The summed E-state index contributed by atoms with van der Waals surface area (Å²) in [6.07, 6.45) is 2.20. The first-order valence-corrected chi connectivity index (χ1v) is 13.4. The summed E-state index contributed by atoms with van der Waals surface area (Å²) in [5, 5.41) is 0.977. The molecule has 13 heteroatoms. The molecule has 3 N–H and O–H groups in total. The highest BCUT2D eigenvalue weighted by Gasteiger charge is 2.47. The maximum absolute atomic E-state index is 13.3. The molecular weight excluding hydrogens is 500 g/mol. The number of halogens is 3. The van der Waals surface area contributed by atoms with Crippen molar-refractivity contribution >= 4 is 19.3 Å². The lowest BCUT2D eigenvalue weighted by Gasteiger charge is -2.31. The smallest absolute Gasteiger partial charge is 0.324 e. The van der Waals surface area contributed by atoms with Crippen molar-refractivity contribution in [3.63, 3.8) is 0 Å². The van der Waals surface area contributed by atoms with E-state index in [1.165, 1.54) is 6.20 Å². The van der Waals surface area contributed by atoms with E-state index in [9.17, 15) is 37.1 Å². The third kappa shape index (κ3) is 5.87. The van der Waals surface area contributed by atoms with Crippen LogP contribution in [0.25, 0.3) is 0 Å². The van der Waals surface area contributed by atoms with Gasteiger partial charge < -0.3 is 19.7 Å². The van der Waals surface area contributed by atoms with Gasteiger partial charge in [0.2, 0.25) is 5.91 Å². The van der Waals surface area contributed by atoms with Crippen molar-refractivity contribution in [3.8, 4) is 0 Å². The second-order valence-electron chi connectivity index (χ2n) is 9.12. The Labute approximate surface area is 206 Å². The fourth-order valence-electron chi connectivity index (χ4n) is 4.84. The molecule has 0 spiro atoms. The fourth-order valence-corrected chi connectivity index (χ4v) is 6.08. The van der Waals surface area contributed by atoms with Gasteiger partial charge in [-0.05, 0) is 31.2 Å². The molecule has 1 atom stereocenters. The predicted octanol–water partition coefficient (Wildman–Crippen LogP) is 4.61. The lowest BCUT2D eigenvalue weighted by atomic mass is 9.97. The second kappa shape index (κ2) is 10.8. The molecule has 9 nitrogen and oxygen atoms in total. The van der Waals surface area contributed by atoms with E-state index in [1.54, 1.807) is 13.8 Å². The molecule has 0 radical (unpaired) electrons. The molecule has 1 fully saturated rings. The molecule has 0 saturated heterocycles. The zero-order valence-corrected chi connectivity index (χ0v) is 20.9. The maximum Gasteiger partial charge on any atom is 0.417 e. The van der Waals surface area contributed by atoms with E-state index < -0.39 is 42.0 Å². The maximum atomic E-state index is 13.3. The molecule has 1 aliphatic carbocycles. The second-order valence-corrected chi connectivity index (χ2v) is 11.1. The molecule has 2 aromatic rings. The molecule has 1 amide bonds. The van der Waals surface area contributed by atoms with Crippen molar-refractivity contribution in [1.29, 1.82) is 0 Å². The molecule has 1 aliphatic rings.